The van der Waals surface area contributed by atoms with Gasteiger partial charge in [0.25, 0.3) is 0 Å². The third kappa shape index (κ3) is 4.02. The third-order valence-electron chi connectivity index (χ3n) is 2.26. The van der Waals surface area contributed by atoms with Gasteiger partial charge in [0.05, 0.1) is 4.99 Å². The molecule has 4 nitrogen and oxygen atoms in total. The minimum Gasteiger partial charge on any atom is -0.393 e. The largest absolute Gasteiger partial charge is 0.393 e. The molecular weight excluding hydrogens is 200 g/mol. The molecule has 0 aromatic rings. The Labute approximate surface area is 89.2 Å². The first-order chi connectivity index (χ1) is 6.70. The highest BCUT2D eigenvalue weighted by Crippen LogP contribution is 2.14. The van der Waals surface area contributed by atoms with Gasteiger partial charge >= 0.3 is 0 Å². The molecule has 1 aliphatic rings. The molecule has 0 atom stereocenters. The molecule has 5 heteroatoms. The molecule has 1 rings (SSSR count). The van der Waals surface area contributed by atoms with E-state index in [2.05, 4.69) is 5.32 Å². The number of rotatable bonds is 4. The van der Waals surface area contributed by atoms with Crippen LogP contribution in [0.4, 0.5) is 0 Å². The molecule has 3 N–H and O–H groups in total. The van der Waals surface area contributed by atoms with Gasteiger partial charge in [-0.05, 0) is 12.8 Å². The van der Waals surface area contributed by atoms with Gasteiger partial charge in [0, 0.05) is 32.1 Å². The summed E-state index contributed by atoms with van der Waals surface area (Å²) in [5, 5.41) is 2.82. The average molecular weight is 216 g/mol. The number of carbonyl (C=O) groups is 1. The van der Waals surface area contributed by atoms with Gasteiger partial charge in [0.1, 0.15) is 0 Å². The zero-order valence-corrected chi connectivity index (χ0v) is 8.94. The number of ether oxygens (including phenoxy) is 1. The second-order valence-electron chi connectivity index (χ2n) is 3.39. The van der Waals surface area contributed by atoms with E-state index in [-0.39, 0.29) is 11.8 Å². The second-order valence-corrected chi connectivity index (χ2v) is 3.92. The van der Waals surface area contributed by atoms with Crippen LogP contribution in [-0.2, 0) is 9.53 Å². The predicted octanol–water partition coefficient (Wildman–Crippen LogP) is 0.205. The summed E-state index contributed by atoms with van der Waals surface area (Å²) in [4.78, 5) is 12.0. The van der Waals surface area contributed by atoms with E-state index in [1.165, 1.54) is 0 Å². The summed E-state index contributed by atoms with van der Waals surface area (Å²) in [7, 11) is 0. The highest BCUT2D eigenvalue weighted by atomic mass is 32.1. The topological polar surface area (TPSA) is 64.3 Å². The molecule has 1 heterocycles. The summed E-state index contributed by atoms with van der Waals surface area (Å²) in [6.45, 7) is 1.92. The lowest BCUT2D eigenvalue weighted by atomic mass is 9.99. The van der Waals surface area contributed by atoms with Gasteiger partial charge < -0.3 is 15.8 Å². The van der Waals surface area contributed by atoms with Crippen LogP contribution in [0.2, 0.25) is 0 Å². The Kier molecular flexibility index (Phi) is 4.82. The fraction of sp³-hybridized carbons (Fsp3) is 0.778. The third-order valence-corrected chi connectivity index (χ3v) is 2.47. The molecule has 1 fully saturated rings. The van der Waals surface area contributed by atoms with E-state index in [1.54, 1.807) is 0 Å². The molecule has 1 amide bonds. The van der Waals surface area contributed by atoms with Crippen molar-refractivity contribution in [3.05, 3.63) is 0 Å². The van der Waals surface area contributed by atoms with Gasteiger partial charge in [-0.25, -0.2) is 0 Å². The zero-order chi connectivity index (χ0) is 10.4. The Balaban J connectivity index is 2.16. The van der Waals surface area contributed by atoms with E-state index < -0.39 is 0 Å². The standard InChI is InChI=1S/C9H16N2O2S/c10-8(14)1-4-11-9(12)7-2-5-13-6-3-7/h7H,1-6H2,(H2,10,14)(H,11,12). The molecule has 0 aliphatic carbocycles. The van der Waals surface area contributed by atoms with Crippen LogP contribution < -0.4 is 11.1 Å². The maximum absolute atomic E-state index is 11.5. The lowest BCUT2D eigenvalue weighted by molar-refractivity contribution is -0.127. The predicted molar refractivity (Wildman–Crippen MR) is 58.0 cm³/mol. The molecular formula is C9H16N2O2S. The van der Waals surface area contributed by atoms with Crippen LogP contribution in [0.15, 0.2) is 0 Å². The van der Waals surface area contributed by atoms with Crippen molar-refractivity contribution >= 4 is 23.1 Å². The quantitative estimate of drug-likeness (QED) is 0.659. The number of amides is 1. The van der Waals surface area contributed by atoms with E-state index in [0.29, 0.717) is 31.2 Å². The Morgan fingerprint density at radius 2 is 2.14 bits per heavy atom. The number of hydrogen-bond acceptors (Lipinski definition) is 3. The molecule has 0 unspecified atom stereocenters. The highest BCUT2D eigenvalue weighted by molar-refractivity contribution is 7.80. The van der Waals surface area contributed by atoms with E-state index >= 15 is 0 Å². The molecule has 0 aromatic carbocycles. The van der Waals surface area contributed by atoms with Crippen molar-refractivity contribution in [1.29, 1.82) is 0 Å². The van der Waals surface area contributed by atoms with Crippen molar-refractivity contribution in [2.75, 3.05) is 19.8 Å². The van der Waals surface area contributed by atoms with Crippen LogP contribution in [-0.4, -0.2) is 30.7 Å². The smallest absolute Gasteiger partial charge is 0.223 e. The van der Waals surface area contributed by atoms with Gasteiger partial charge in [-0.3, -0.25) is 4.79 Å². The SMILES string of the molecule is NC(=S)CCNC(=O)C1CCOCC1. The maximum Gasteiger partial charge on any atom is 0.223 e. The summed E-state index contributed by atoms with van der Waals surface area (Å²) >= 11 is 4.71. The second kappa shape index (κ2) is 5.93. The first kappa shape index (κ1) is 11.4. The Morgan fingerprint density at radius 1 is 1.50 bits per heavy atom. The average Bonchev–Trinajstić information content (AvgIpc) is 2.18. The number of carbonyl (C=O) groups excluding carboxylic acids is 1. The van der Waals surface area contributed by atoms with Crippen molar-refractivity contribution in [2.45, 2.75) is 19.3 Å². The highest BCUT2D eigenvalue weighted by Gasteiger charge is 2.20. The molecule has 1 aliphatic heterocycles. The summed E-state index contributed by atoms with van der Waals surface area (Å²) in [6, 6.07) is 0. The molecule has 0 aromatic heterocycles. The molecule has 0 radical (unpaired) electrons. The fourth-order valence-electron chi connectivity index (χ4n) is 1.41. The minimum absolute atomic E-state index is 0.101. The summed E-state index contributed by atoms with van der Waals surface area (Å²) in [6.07, 6.45) is 2.21. The minimum atomic E-state index is 0.101. The first-order valence-corrected chi connectivity index (χ1v) is 5.24. The van der Waals surface area contributed by atoms with Crippen molar-refractivity contribution in [3.8, 4) is 0 Å². The van der Waals surface area contributed by atoms with Crippen molar-refractivity contribution in [2.24, 2.45) is 11.7 Å². The van der Waals surface area contributed by atoms with Crippen LogP contribution >= 0.6 is 12.2 Å². The maximum atomic E-state index is 11.5. The number of thiocarbonyl (C=S) groups is 1. The molecule has 0 bridgehead atoms. The lowest BCUT2D eigenvalue weighted by Gasteiger charge is -2.21. The lowest BCUT2D eigenvalue weighted by Crippen LogP contribution is -2.35. The van der Waals surface area contributed by atoms with E-state index in [1.807, 2.05) is 0 Å². The van der Waals surface area contributed by atoms with Crippen molar-refractivity contribution < 1.29 is 9.53 Å². The van der Waals surface area contributed by atoms with Crippen molar-refractivity contribution in [1.82, 2.24) is 5.32 Å². The summed E-state index contributed by atoms with van der Waals surface area (Å²) in [5.41, 5.74) is 5.32. The monoisotopic (exact) mass is 216 g/mol. The van der Waals surface area contributed by atoms with Gasteiger partial charge in [0.15, 0.2) is 0 Å². The fourth-order valence-corrected chi connectivity index (χ4v) is 1.52. The molecule has 1 saturated heterocycles. The number of nitrogens with two attached hydrogens (primary N) is 1. The van der Waals surface area contributed by atoms with E-state index in [4.69, 9.17) is 22.7 Å². The van der Waals surface area contributed by atoms with Gasteiger partial charge in [-0.15, -0.1) is 0 Å². The Morgan fingerprint density at radius 3 is 2.71 bits per heavy atom. The molecule has 0 saturated carbocycles. The first-order valence-electron chi connectivity index (χ1n) is 4.84. The molecule has 0 spiro atoms. The van der Waals surface area contributed by atoms with Crippen molar-refractivity contribution in [3.63, 3.8) is 0 Å². The van der Waals surface area contributed by atoms with E-state index in [9.17, 15) is 4.79 Å². The molecule has 14 heavy (non-hydrogen) atoms. The zero-order valence-electron chi connectivity index (χ0n) is 8.12. The summed E-state index contributed by atoms with van der Waals surface area (Å²) < 4.78 is 5.17. The summed E-state index contributed by atoms with van der Waals surface area (Å²) in [5.74, 6) is 0.208. The van der Waals surface area contributed by atoms with Crippen LogP contribution in [0.5, 0.6) is 0 Å². The van der Waals surface area contributed by atoms with Crippen LogP contribution in [0.3, 0.4) is 0 Å². The van der Waals surface area contributed by atoms with Crippen LogP contribution in [0.1, 0.15) is 19.3 Å². The normalized spacial score (nSPS) is 17.7. The number of nitrogens with one attached hydrogen (secondary N) is 1. The van der Waals surface area contributed by atoms with Crippen LogP contribution in [0, 0.1) is 5.92 Å². The van der Waals surface area contributed by atoms with Crippen LogP contribution in [0.25, 0.3) is 0 Å². The van der Waals surface area contributed by atoms with E-state index in [0.717, 1.165) is 12.8 Å². The Bertz CT molecular complexity index is 215. The number of hydrogen-bond donors (Lipinski definition) is 2. The van der Waals surface area contributed by atoms with Gasteiger partial charge in [-0.1, -0.05) is 12.2 Å². The molecule has 80 valence electrons. The van der Waals surface area contributed by atoms with Gasteiger partial charge in [0.2, 0.25) is 5.91 Å². The Hall–Kier alpha value is -0.680. The van der Waals surface area contributed by atoms with Gasteiger partial charge in [-0.2, -0.15) is 0 Å².